The van der Waals surface area contributed by atoms with Crippen molar-refractivity contribution in [3.63, 3.8) is 0 Å². The molecule has 1 aliphatic rings. The Labute approximate surface area is 107 Å². The highest BCUT2D eigenvalue weighted by atomic mass is 16.4. The number of carboxylic acid groups (broad SMARTS) is 1. The number of hydrogen-bond acceptors (Lipinski definition) is 4. The van der Waals surface area contributed by atoms with Crippen molar-refractivity contribution >= 4 is 11.8 Å². The molecule has 1 aromatic rings. The highest BCUT2D eigenvalue weighted by molar-refractivity contribution is 5.87. The summed E-state index contributed by atoms with van der Waals surface area (Å²) in [5, 5.41) is 8.81. The van der Waals surface area contributed by atoms with Crippen molar-refractivity contribution in [1.82, 2.24) is 9.88 Å². The molecule has 0 saturated carbocycles. The molecule has 0 aromatic carbocycles. The van der Waals surface area contributed by atoms with Crippen LogP contribution in [-0.2, 0) is 0 Å². The molecular formula is C13H19N3O2. The van der Waals surface area contributed by atoms with Crippen LogP contribution in [0.25, 0.3) is 0 Å². The Morgan fingerprint density at radius 3 is 2.89 bits per heavy atom. The molecule has 1 aliphatic heterocycles. The van der Waals surface area contributed by atoms with Crippen molar-refractivity contribution in [3.8, 4) is 0 Å². The summed E-state index contributed by atoms with van der Waals surface area (Å²) in [5.41, 5.74) is 0.229. The van der Waals surface area contributed by atoms with Crippen LogP contribution in [0.15, 0.2) is 18.3 Å². The lowest BCUT2D eigenvalue weighted by Crippen LogP contribution is -2.27. The second-order valence-electron chi connectivity index (χ2n) is 5.01. The monoisotopic (exact) mass is 249 g/mol. The van der Waals surface area contributed by atoms with Gasteiger partial charge in [-0.2, -0.15) is 0 Å². The maximum atomic E-state index is 10.7. The summed E-state index contributed by atoms with van der Waals surface area (Å²) in [6.07, 6.45) is 2.63. The van der Waals surface area contributed by atoms with Gasteiger partial charge >= 0.3 is 5.97 Å². The van der Waals surface area contributed by atoms with E-state index in [0.29, 0.717) is 5.92 Å². The molecule has 0 aliphatic carbocycles. The summed E-state index contributed by atoms with van der Waals surface area (Å²) in [5.74, 6) is 0.560. The van der Waals surface area contributed by atoms with Crippen molar-refractivity contribution in [2.45, 2.75) is 6.42 Å². The summed E-state index contributed by atoms with van der Waals surface area (Å²) in [6.45, 7) is 3.24. The first-order valence-electron chi connectivity index (χ1n) is 6.15. The Morgan fingerprint density at radius 2 is 2.39 bits per heavy atom. The molecule has 5 heteroatoms. The van der Waals surface area contributed by atoms with Gasteiger partial charge in [-0.1, -0.05) is 0 Å². The van der Waals surface area contributed by atoms with E-state index in [9.17, 15) is 4.79 Å². The molecule has 0 radical (unpaired) electrons. The van der Waals surface area contributed by atoms with Gasteiger partial charge in [-0.3, -0.25) is 0 Å². The minimum absolute atomic E-state index is 0.229. The molecule has 98 valence electrons. The Balaban J connectivity index is 1.96. The van der Waals surface area contributed by atoms with Gasteiger partial charge in [0, 0.05) is 26.3 Å². The molecular weight excluding hydrogens is 230 g/mol. The number of rotatable bonds is 4. The number of anilines is 1. The minimum Gasteiger partial charge on any atom is -0.478 e. The second kappa shape index (κ2) is 5.35. The zero-order valence-corrected chi connectivity index (χ0v) is 10.8. The average molecular weight is 249 g/mol. The Morgan fingerprint density at radius 1 is 1.61 bits per heavy atom. The first-order chi connectivity index (χ1) is 8.56. The zero-order valence-electron chi connectivity index (χ0n) is 10.8. The molecule has 1 saturated heterocycles. The summed E-state index contributed by atoms with van der Waals surface area (Å²) in [4.78, 5) is 19.4. The Hall–Kier alpha value is -1.62. The van der Waals surface area contributed by atoms with E-state index in [1.54, 1.807) is 12.1 Å². The van der Waals surface area contributed by atoms with Crippen molar-refractivity contribution in [2.24, 2.45) is 5.92 Å². The van der Waals surface area contributed by atoms with Crippen molar-refractivity contribution in [1.29, 1.82) is 0 Å². The van der Waals surface area contributed by atoms with E-state index >= 15 is 0 Å². The standard InChI is InChI=1S/C13H19N3O2/c1-15-6-5-10(8-15)9-16(2)12-4-3-11(7-14-12)13(17)18/h3-4,7,10H,5-6,8-9H2,1-2H3,(H,17,18). The van der Waals surface area contributed by atoms with Crippen LogP contribution in [-0.4, -0.2) is 54.7 Å². The second-order valence-corrected chi connectivity index (χ2v) is 5.01. The van der Waals surface area contributed by atoms with Gasteiger partial charge in [0.1, 0.15) is 5.82 Å². The molecule has 1 N–H and O–H groups in total. The number of nitrogens with zero attached hydrogens (tertiary/aromatic N) is 3. The lowest BCUT2D eigenvalue weighted by molar-refractivity contribution is 0.0696. The SMILES string of the molecule is CN1CCC(CN(C)c2ccc(C(=O)O)cn2)C1. The van der Waals surface area contributed by atoms with Crippen molar-refractivity contribution < 1.29 is 9.90 Å². The number of carboxylic acids is 1. The van der Waals surface area contributed by atoms with E-state index in [4.69, 9.17) is 5.11 Å². The van der Waals surface area contributed by atoms with Crippen LogP contribution in [0.1, 0.15) is 16.8 Å². The van der Waals surface area contributed by atoms with E-state index in [0.717, 1.165) is 25.5 Å². The lowest BCUT2D eigenvalue weighted by Gasteiger charge is -2.22. The first kappa shape index (κ1) is 12.8. The molecule has 0 amide bonds. The van der Waals surface area contributed by atoms with Gasteiger partial charge in [0.2, 0.25) is 0 Å². The number of carbonyl (C=O) groups is 1. The van der Waals surface area contributed by atoms with Gasteiger partial charge < -0.3 is 14.9 Å². The van der Waals surface area contributed by atoms with Crippen LogP contribution in [0.3, 0.4) is 0 Å². The van der Waals surface area contributed by atoms with Crippen LogP contribution >= 0.6 is 0 Å². The van der Waals surface area contributed by atoms with Crippen LogP contribution in [0.4, 0.5) is 5.82 Å². The first-order valence-corrected chi connectivity index (χ1v) is 6.15. The van der Waals surface area contributed by atoms with E-state index in [-0.39, 0.29) is 5.56 Å². The number of aromatic nitrogens is 1. The molecule has 1 fully saturated rings. The third-order valence-electron chi connectivity index (χ3n) is 3.41. The average Bonchev–Trinajstić information content (AvgIpc) is 2.75. The maximum Gasteiger partial charge on any atom is 0.337 e. The zero-order chi connectivity index (χ0) is 13.1. The van der Waals surface area contributed by atoms with Crippen molar-refractivity contribution in [3.05, 3.63) is 23.9 Å². The molecule has 1 aromatic heterocycles. The van der Waals surface area contributed by atoms with Crippen molar-refractivity contribution in [2.75, 3.05) is 38.6 Å². The summed E-state index contributed by atoms with van der Waals surface area (Å²) < 4.78 is 0. The smallest absolute Gasteiger partial charge is 0.337 e. The van der Waals surface area contributed by atoms with Gasteiger partial charge in [-0.25, -0.2) is 9.78 Å². The highest BCUT2D eigenvalue weighted by Gasteiger charge is 2.21. The van der Waals surface area contributed by atoms with E-state index in [2.05, 4.69) is 21.8 Å². The Kier molecular flexibility index (Phi) is 3.81. The summed E-state index contributed by atoms with van der Waals surface area (Å²) in [6, 6.07) is 3.37. The van der Waals surface area contributed by atoms with Gasteiger partial charge in [-0.05, 0) is 38.1 Å². The van der Waals surface area contributed by atoms with E-state index in [1.807, 2.05) is 7.05 Å². The Bertz CT molecular complexity index is 419. The van der Waals surface area contributed by atoms with Gasteiger partial charge in [0.25, 0.3) is 0 Å². The molecule has 2 rings (SSSR count). The predicted molar refractivity (Wildman–Crippen MR) is 70.1 cm³/mol. The number of pyridine rings is 1. The van der Waals surface area contributed by atoms with Crippen LogP contribution in [0.5, 0.6) is 0 Å². The summed E-state index contributed by atoms with van der Waals surface area (Å²) >= 11 is 0. The highest BCUT2D eigenvalue weighted by Crippen LogP contribution is 2.18. The van der Waals surface area contributed by atoms with Gasteiger partial charge in [0.15, 0.2) is 0 Å². The van der Waals surface area contributed by atoms with Crippen LogP contribution in [0.2, 0.25) is 0 Å². The fraction of sp³-hybridized carbons (Fsp3) is 0.538. The van der Waals surface area contributed by atoms with E-state index < -0.39 is 5.97 Å². The number of aromatic carboxylic acids is 1. The molecule has 5 nitrogen and oxygen atoms in total. The number of hydrogen-bond donors (Lipinski definition) is 1. The fourth-order valence-electron chi connectivity index (χ4n) is 2.39. The van der Waals surface area contributed by atoms with Crippen LogP contribution in [0, 0.1) is 5.92 Å². The van der Waals surface area contributed by atoms with E-state index in [1.165, 1.54) is 12.6 Å². The third kappa shape index (κ3) is 2.98. The largest absolute Gasteiger partial charge is 0.478 e. The molecule has 0 bridgehead atoms. The maximum absolute atomic E-state index is 10.7. The minimum atomic E-state index is -0.936. The fourth-order valence-corrected chi connectivity index (χ4v) is 2.39. The third-order valence-corrected chi connectivity index (χ3v) is 3.41. The molecule has 1 unspecified atom stereocenters. The molecule has 2 heterocycles. The van der Waals surface area contributed by atoms with Crippen LogP contribution < -0.4 is 4.90 Å². The quantitative estimate of drug-likeness (QED) is 0.868. The van der Waals surface area contributed by atoms with Gasteiger partial charge in [-0.15, -0.1) is 0 Å². The normalized spacial score (nSPS) is 20.0. The topological polar surface area (TPSA) is 56.7 Å². The van der Waals surface area contributed by atoms with Gasteiger partial charge in [0.05, 0.1) is 5.56 Å². The summed E-state index contributed by atoms with van der Waals surface area (Å²) in [7, 11) is 4.14. The predicted octanol–water partition coefficient (Wildman–Crippen LogP) is 1.17. The number of likely N-dealkylation sites (tertiary alicyclic amines) is 1. The lowest BCUT2D eigenvalue weighted by atomic mass is 10.1. The molecule has 0 spiro atoms. The molecule has 1 atom stereocenters. The molecule has 18 heavy (non-hydrogen) atoms.